The highest BCUT2D eigenvalue weighted by molar-refractivity contribution is 4.86. The lowest BCUT2D eigenvalue weighted by atomic mass is 9.74. The molecule has 0 spiro atoms. The molecule has 1 fully saturated rings. The molecule has 0 bridgehead atoms. The van der Waals surface area contributed by atoms with Gasteiger partial charge in [0.2, 0.25) is 0 Å². The molecule has 0 amide bonds. The van der Waals surface area contributed by atoms with Crippen LogP contribution in [0.15, 0.2) is 0 Å². The molecular formula is C8H17NO. The number of aliphatic hydroxyl groups excluding tert-OH is 1. The number of hydrogen-bond acceptors (Lipinski definition) is 2. The van der Waals surface area contributed by atoms with Crippen molar-refractivity contribution in [3.63, 3.8) is 0 Å². The minimum atomic E-state index is -0.256. The third-order valence-corrected chi connectivity index (χ3v) is 2.40. The van der Waals surface area contributed by atoms with E-state index in [0.717, 1.165) is 19.3 Å². The molecule has 0 saturated heterocycles. The monoisotopic (exact) mass is 143 g/mol. The zero-order chi connectivity index (χ0) is 7.78. The van der Waals surface area contributed by atoms with E-state index < -0.39 is 0 Å². The van der Waals surface area contributed by atoms with Crippen LogP contribution in [0.25, 0.3) is 0 Å². The smallest absolute Gasteiger partial charge is 0.0691 e. The first-order chi connectivity index (χ1) is 4.51. The predicted octanol–water partition coefficient (Wildman–Crippen LogP) is 0.885. The lowest BCUT2D eigenvalue weighted by Crippen LogP contribution is -2.43. The Hall–Kier alpha value is -0.0800. The first-order valence-corrected chi connectivity index (χ1v) is 3.95. The van der Waals surface area contributed by atoms with Gasteiger partial charge in [-0.25, -0.2) is 0 Å². The molecule has 0 aromatic carbocycles. The van der Waals surface area contributed by atoms with E-state index in [1.165, 1.54) is 0 Å². The van der Waals surface area contributed by atoms with Crippen LogP contribution >= 0.6 is 0 Å². The van der Waals surface area contributed by atoms with Gasteiger partial charge in [-0.1, -0.05) is 13.8 Å². The second kappa shape index (κ2) is 2.51. The Balaban J connectivity index is 2.49. The zero-order valence-corrected chi connectivity index (χ0v) is 6.80. The van der Waals surface area contributed by atoms with Crippen LogP contribution in [-0.4, -0.2) is 17.3 Å². The van der Waals surface area contributed by atoms with Crippen molar-refractivity contribution >= 4 is 0 Å². The van der Waals surface area contributed by atoms with Crippen molar-refractivity contribution in [1.29, 1.82) is 0 Å². The van der Waals surface area contributed by atoms with Crippen molar-refractivity contribution in [1.82, 2.24) is 0 Å². The quantitative estimate of drug-likeness (QED) is 0.529. The highest BCUT2D eigenvalue weighted by atomic mass is 16.3. The molecule has 0 heterocycles. The maximum absolute atomic E-state index is 9.28. The lowest BCUT2D eigenvalue weighted by Gasteiger charge is -2.36. The summed E-state index contributed by atoms with van der Waals surface area (Å²) in [5, 5.41) is 9.28. The first-order valence-electron chi connectivity index (χ1n) is 3.95. The topological polar surface area (TPSA) is 46.2 Å². The summed E-state index contributed by atoms with van der Waals surface area (Å²) in [4.78, 5) is 0. The van der Waals surface area contributed by atoms with Crippen molar-refractivity contribution < 1.29 is 5.11 Å². The Bertz CT molecular complexity index is 122. The van der Waals surface area contributed by atoms with Gasteiger partial charge in [0.15, 0.2) is 0 Å². The Morgan fingerprint density at radius 2 is 2.10 bits per heavy atom. The fourth-order valence-electron chi connectivity index (χ4n) is 1.63. The van der Waals surface area contributed by atoms with Gasteiger partial charge in [0, 0.05) is 6.04 Å². The standard InChI is InChI=1S/C8H17NO/c1-8(2)4-3-7(10)6(9)5-8/h6-7,10H,3-5,9H2,1-2H3/t6-,7-/m0/s1. The van der Waals surface area contributed by atoms with E-state index in [4.69, 9.17) is 5.73 Å². The van der Waals surface area contributed by atoms with Gasteiger partial charge in [-0.05, 0) is 24.7 Å². The Morgan fingerprint density at radius 1 is 1.50 bits per heavy atom. The molecule has 2 atom stereocenters. The van der Waals surface area contributed by atoms with E-state index in [2.05, 4.69) is 13.8 Å². The summed E-state index contributed by atoms with van der Waals surface area (Å²) in [6, 6.07) is 0.00347. The largest absolute Gasteiger partial charge is 0.392 e. The van der Waals surface area contributed by atoms with Gasteiger partial charge in [-0.3, -0.25) is 0 Å². The average Bonchev–Trinajstić information content (AvgIpc) is 1.79. The molecule has 0 radical (unpaired) electrons. The van der Waals surface area contributed by atoms with Crippen molar-refractivity contribution in [2.75, 3.05) is 0 Å². The molecule has 1 rings (SSSR count). The summed E-state index contributed by atoms with van der Waals surface area (Å²) in [7, 11) is 0. The highest BCUT2D eigenvalue weighted by Crippen LogP contribution is 2.34. The molecule has 2 nitrogen and oxygen atoms in total. The van der Waals surface area contributed by atoms with Gasteiger partial charge in [0.25, 0.3) is 0 Å². The van der Waals surface area contributed by atoms with Crippen LogP contribution in [0.2, 0.25) is 0 Å². The van der Waals surface area contributed by atoms with E-state index in [1.807, 2.05) is 0 Å². The van der Waals surface area contributed by atoms with Gasteiger partial charge < -0.3 is 10.8 Å². The Morgan fingerprint density at radius 3 is 2.50 bits per heavy atom. The zero-order valence-electron chi connectivity index (χ0n) is 6.80. The molecule has 0 aliphatic heterocycles. The molecule has 0 aromatic rings. The fourth-order valence-corrected chi connectivity index (χ4v) is 1.63. The summed E-state index contributed by atoms with van der Waals surface area (Å²) >= 11 is 0. The third kappa shape index (κ3) is 1.70. The van der Waals surface area contributed by atoms with Crippen molar-refractivity contribution in [3.05, 3.63) is 0 Å². The number of aliphatic hydroxyl groups is 1. The normalized spacial score (nSPS) is 39.6. The van der Waals surface area contributed by atoms with Crippen LogP contribution in [-0.2, 0) is 0 Å². The van der Waals surface area contributed by atoms with Gasteiger partial charge in [-0.15, -0.1) is 0 Å². The summed E-state index contributed by atoms with van der Waals surface area (Å²) in [5.41, 5.74) is 6.05. The number of rotatable bonds is 0. The third-order valence-electron chi connectivity index (χ3n) is 2.40. The van der Waals surface area contributed by atoms with E-state index in [0.29, 0.717) is 5.41 Å². The first kappa shape index (κ1) is 8.02. The Labute approximate surface area is 62.4 Å². The molecule has 0 aromatic heterocycles. The minimum Gasteiger partial charge on any atom is -0.392 e. The Kier molecular flexibility index (Phi) is 2.02. The van der Waals surface area contributed by atoms with Crippen LogP contribution in [0.1, 0.15) is 33.1 Å². The number of nitrogens with two attached hydrogens (primary N) is 1. The number of hydrogen-bond donors (Lipinski definition) is 2. The van der Waals surface area contributed by atoms with Crippen molar-refractivity contribution in [3.8, 4) is 0 Å². The van der Waals surface area contributed by atoms with Crippen molar-refractivity contribution in [2.45, 2.75) is 45.3 Å². The summed E-state index contributed by atoms with van der Waals surface area (Å²) < 4.78 is 0. The SMILES string of the molecule is CC1(C)CC[C@H](O)[C@@H](N)C1. The molecule has 1 aliphatic rings. The lowest BCUT2D eigenvalue weighted by molar-refractivity contribution is 0.0591. The second-order valence-corrected chi connectivity index (χ2v) is 4.14. The van der Waals surface area contributed by atoms with E-state index in [9.17, 15) is 5.11 Å². The average molecular weight is 143 g/mol. The molecule has 3 N–H and O–H groups in total. The van der Waals surface area contributed by atoms with Crippen LogP contribution in [0.3, 0.4) is 0 Å². The van der Waals surface area contributed by atoms with E-state index in [1.54, 1.807) is 0 Å². The maximum atomic E-state index is 9.28. The fraction of sp³-hybridized carbons (Fsp3) is 1.00. The van der Waals surface area contributed by atoms with Gasteiger partial charge in [0.1, 0.15) is 0 Å². The minimum absolute atomic E-state index is 0.00347. The second-order valence-electron chi connectivity index (χ2n) is 4.14. The van der Waals surface area contributed by atoms with Gasteiger partial charge >= 0.3 is 0 Å². The molecule has 2 heteroatoms. The van der Waals surface area contributed by atoms with Crippen LogP contribution < -0.4 is 5.73 Å². The molecule has 0 unspecified atom stereocenters. The van der Waals surface area contributed by atoms with E-state index in [-0.39, 0.29) is 12.1 Å². The summed E-state index contributed by atoms with van der Waals surface area (Å²) in [5.74, 6) is 0. The van der Waals surface area contributed by atoms with Crippen molar-refractivity contribution in [2.24, 2.45) is 11.1 Å². The molecule has 1 saturated carbocycles. The van der Waals surface area contributed by atoms with Gasteiger partial charge in [0.05, 0.1) is 6.10 Å². The molecule has 10 heavy (non-hydrogen) atoms. The highest BCUT2D eigenvalue weighted by Gasteiger charge is 2.31. The molecular weight excluding hydrogens is 126 g/mol. The van der Waals surface area contributed by atoms with Crippen LogP contribution in [0.5, 0.6) is 0 Å². The van der Waals surface area contributed by atoms with Crippen LogP contribution in [0, 0.1) is 5.41 Å². The predicted molar refractivity (Wildman–Crippen MR) is 41.6 cm³/mol. The molecule has 1 aliphatic carbocycles. The van der Waals surface area contributed by atoms with Gasteiger partial charge in [-0.2, -0.15) is 0 Å². The van der Waals surface area contributed by atoms with E-state index >= 15 is 0 Å². The maximum Gasteiger partial charge on any atom is 0.0691 e. The summed E-state index contributed by atoms with van der Waals surface area (Å²) in [6.45, 7) is 4.41. The molecule has 60 valence electrons. The summed E-state index contributed by atoms with van der Waals surface area (Å²) in [6.07, 6.45) is 2.66. The van der Waals surface area contributed by atoms with Crippen LogP contribution in [0.4, 0.5) is 0 Å².